The van der Waals surface area contributed by atoms with Crippen LogP contribution in [-0.4, -0.2) is 77.8 Å². The van der Waals surface area contributed by atoms with Crippen molar-refractivity contribution in [2.24, 2.45) is 5.92 Å². The number of hydrogen-bond donors (Lipinski definition) is 4. The Morgan fingerprint density at radius 2 is 1.77 bits per heavy atom. The predicted octanol–water partition coefficient (Wildman–Crippen LogP) is 3.67. The molecule has 212 valence electrons. The average Bonchev–Trinajstić information content (AvgIpc) is 2.92. The van der Waals surface area contributed by atoms with Crippen molar-refractivity contribution in [3.05, 3.63) is 53.8 Å². The molecule has 0 saturated carbocycles. The Morgan fingerprint density at radius 3 is 2.41 bits per heavy atom. The van der Waals surface area contributed by atoms with E-state index in [1.807, 2.05) is 20.8 Å². The number of nitrogens with zero attached hydrogens (tertiary/aromatic N) is 2. The van der Waals surface area contributed by atoms with Crippen LogP contribution in [0.3, 0.4) is 0 Å². The molecule has 0 aromatic heterocycles. The first-order valence-corrected chi connectivity index (χ1v) is 13.0. The number of aliphatic hydroxyl groups is 1. The fraction of sp³-hybridized carbons (Fsp3) is 0.464. The molecule has 2 aromatic rings. The normalized spacial score (nSPS) is 18.2. The second-order valence-corrected chi connectivity index (χ2v) is 10.3. The minimum atomic E-state index is -0.531. The SMILES string of the molecule is CC(C)NC(=O)N(C)C[C@H]1Oc2ccc(NC(=O)Nc3ccc(F)cc3)cc2CC(=O)N([C@H](C)CO)C[C@@H]1C. The van der Waals surface area contributed by atoms with E-state index in [1.165, 1.54) is 24.3 Å². The summed E-state index contributed by atoms with van der Waals surface area (Å²) in [6, 6.07) is 9.20. The smallest absolute Gasteiger partial charge is 0.323 e. The maximum Gasteiger partial charge on any atom is 0.323 e. The van der Waals surface area contributed by atoms with Crippen LogP contribution >= 0.6 is 0 Å². The van der Waals surface area contributed by atoms with Crippen molar-refractivity contribution in [3.63, 3.8) is 0 Å². The molecule has 0 unspecified atom stereocenters. The molecule has 5 amide bonds. The number of aliphatic hydroxyl groups excluding tert-OH is 1. The van der Waals surface area contributed by atoms with Crippen molar-refractivity contribution in [3.8, 4) is 5.75 Å². The van der Waals surface area contributed by atoms with Crippen LogP contribution in [0.2, 0.25) is 0 Å². The van der Waals surface area contributed by atoms with Gasteiger partial charge in [0, 0.05) is 42.5 Å². The first-order chi connectivity index (χ1) is 18.5. The fourth-order valence-corrected chi connectivity index (χ4v) is 4.26. The van der Waals surface area contributed by atoms with Gasteiger partial charge < -0.3 is 35.6 Å². The largest absolute Gasteiger partial charge is 0.488 e. The fourth-order valence-electron chi connectivity index (χ4n) is 4.26. The van der Waals surface area contributed by atoms with Gasteiger partial charge in [-0.25, -0.2) is 14.0 Å². The number of hydrogen-bond acceptors (Lipinski definition) is 5. The number of urea groups is 2. The number of ether oxygens (including phenoxy) is 1. The lowest BCUT2D eigenvalue weighted by Crippen LogP contribution is -2.49. The maximum atomic E-state index is 13.3. The van der Waals surface area contributed by atoms with Crippen LogP contribution in [0.25, 0.3) is 0 Å². The monoisotopic (exact) mass is 543 g/mol. The third kappa shape index (κ3) is 8.31. The van der Waals surface area contributed by atoms with Gasteiger partial charge in [0.2, 0.25) is 5.91 Å². The van der Waals surface area contributed by atoms with Crippen LogP contribution in [0.1, 0.15) is 33.3 Å². The van der Waals surface area contributed by atoms with Crippen LogP contribution in [0, 0.1) is 11.7 Å². The Bertz CT molecular complexity index is 1160. The van der Waals surface area contributed by atoms with Gasteiger partial charge in [0.05, 0.1) is 25.6 Å². The summed E-state index contributed by atoms with van der Waals surface area (Å²) in [7, 11) is 1.69. The zero-order valence-electron chi connectivity index (χ0n) is 23.0. The average molecular weight is 544 g/mol. The Labute approximate surface area is 228 Å². The van der Waals surface area contributed by atoms with Gasteiger partial charge in [0.1, 0.15) is 17.7 Å². The number of nitrogens with one attached hydrogen (secondary N) is 3. The molecule has 1 aliphatic heterocycles. The minimum absolute atomic E-state index is 0.00209. The number of likely N-dealkylation sites (N-methyl/N-ethyl adjacent to an activating group) is 1. The molecule has 0 spiro atoms. The number of amides is 5. The zero-order chi connectivity index (χ0) is 28.7. The Hall–Kier alpha value is -3.86. The third-order valence-corrected chi connectivity index (χ3v) is 6.49. The van der Waals surface area contributed by atoms with Crippen LogP contribution in [0.4, 0.5) is 25.4 Å². The highest BCUT2D eigenvalue weighted by atomic mass is 19.1. The summed E-state index contributed by atoms with van der Waals surface area (Å²) < 4.78 is 19.6. The topological polar surface area (TPSA) is 123 Å². The van der Waals surface area contributed by atoms with E-state index in [4.69, 9.17) is 4.74 Å². The first kappa shape index (κ1) is 29.7. The van der Waals surface area contributed by atoms with Crippen LogP contribution in [0.15, 0.2) is 42.5 Å². The van der Waals surface area contributed by atoms with Crippen LogP contribution in [0.5, 0.6) is 5.75 Å². The number of anilines is 2. The van der Waals surface area contributed by atoms with Gasteiger partial charge in [-0.1, -0.05) is 6.92 Å². The van der Waals surface area contributed by atoms with E-state index in [2.05, 4.69) is 16.0 Å². The number of rotatable bonds is 7. The van der Waals surface area contributed by atoms with Crippen LogP contribution < -0.4 is 20.7 Å². The lowest BCUT2D eigenvalue weighted by Gasteiger charge is -2.34. The molecule has 0 fully saturated rings. The van der Waals surface area contributed by atoms with Gasteiger partial charge in [-0.15, -0.1) is 0 Å². The molecule has 0 aliphatic carbocycles. The Balaban J connectivity index is 1.86. The standard InChI is InChI=1S/C28H38FN5O5/c1-17(2)30-28(38)33(5)15-25-18(3)14-34(19(4)16-35)26(36)13-20-12-23(10-11-24(20)39-25)32-27(37)31-22-8-6-21(29)7-9-22/h6-12,17-19,25,35H,13-16H2,1-5H3,(H,30,38)(H2,31,32,37)/t18-,19+,25+/m0/s1. The van der Waals surface area contributed by atoms with Crippen molar-refractivity contribution in [2.75, 3.05) is 37.4 Å². The number of halogens is 1. The molecule has 1 heterocycles. The Kier molecular flexibility index (Phi) is 10.1. The molecule has 10 nitrogen and oxygen atoms in total. The summed E-state index contributed by atoms with van der Waals surface area (Å²) in [6.07, 6.45) is -0.454. The molecule has 0 radical (unpaired) electrons. The van der Waals surface area contributed by atoms with Crippen molar-refractivity contribution < 1.29 is 28.6 Å². The van der Waals surface area contributed by atoms with Gasteiger partial charge >= 0.3 is 12.1 Å². The lowest BCUT2D eigenvalue weighted by atomic mass is 10.0. The molecule has 0 saturated heterocycles. The van der Waals surface area contributed by atoms with Gasteiger partial charge in [-0.05, 0) is 63.2 Å². The maximum absolute atomic E-state index is 13.3. The quantitative estimate of drug-likeness (QED) is 0.424. The number of benzene rings is 2. The van der Waals surface area contributed by atoms with Gasteiger partial charge in [-0.2, -0.15) is 0 Å². The molecule has 2 aromatic carbocycles. The van der Waals surface area contributed by atoms with Gasteiger partial charge in [0.15, 0.2) is 0 Å². The number of carbonyl (C=O) groups excluding carboxylic acids is 3. The predicted molar refractivity (Wildman–Crippen MR) is 147 cm³/mol. The molecular formula is C28H38FN5O5. The number of carbonyl (C=O) groups is 3. The summed E-state index contributed by atoms with van der Waals surface area (Å²) in [6.45, 7) is 7.90. The van der Waals surface area contributed by atoms with E-state index in [0.717, 1.165) is 0 Å². The van der Waals surface area contributed by atoms with Crippen molar-refractivity contribution >= 4 is 29.3 Å². The summed E-state index contributed by atoms with van der Waals surface area (Å²) in [5.41, 5.74) is 1.41. The van der Waals surface area contributed by atoms with Crippen molar-refractivity contribution in [1.82, 2.24) is 15.1 Å². The van der Waals surface area contributed by atoms with Crippen LogP contribution in [-0.2, 0) is 11.2 Å². The molecule has 1 aliphatic rings. The second-order valence-electron chi connectivity index (χ2n) is 10.3. The molecule has 3 rings (SSSR count). The lowest BCUT2D eigenvalue weighted by molar-refractivity contribution is -0.134. The summed E-state index contributed by atoms with van der Waals surface area (Å²) >= 11 is 0. The molecule has 4 N–H and O–H groups in total. The van der Waals surface area contributed by atoms with E-state index in [-0.39, 0.29) is 43.5 Å². The summed E-state index contributed by atoms with van der Waals surface area (Å²) in [5.74, 6) is -0.289. The second kappa shape index (κ2) is 13.3. The van der Waals surface area contributed by atoms with Gasteiger partial charge in [0.25, 0.3) is 0 Å². The third-order valence-electron chi connectivity index (χ3n) is 6.49. The van der Waals surface area contributed by atoms with Crippen molar-refractivity contribution in [1.29, 1.82) is 0 Å². The molecule has 11 heteroatoms. The van der Waals surface area contributed by atoms with E-state index in [1.54, 1.807) is 42.0 Å². The van der Waals surface area contributed by atoms with Crippen molar-refractivity contribution in [2.45, 2.75) is 52.3 Å². The molecule has 3 atom stereocenters. The van der Waals surface area contributed by atoms with E-state index < -0.39 is 24.0 Å². The molecule has 0 bridgehead atoms. The van der Waals surface area contributed by atoms with E-state index >= 15 is 0 Å². The Morgan fingerprint density at radius 1 is 1.13 bits per heavy atom. The zero-order valence-corrected chi connectivity index (χ0v) is 23.0. The highest BCUT2D eigenvalue weighted by Crippen LogP contribution is 2.29. The minimum Gasteiger partial charge on any atom is -0.488 e. The first-order valence-electron chi connectivity index (χ1n) is 13.0. The van der Waals surface area contributed by atoms with E-state index in [0.29, 0.717) is 29.2 Å². The molecule has 39 heavy (non-hydrogen) atoms. The molecular weight excluding hydrogens is 505 g/mol. The van der Waals surface area contributed by atoms with E-state index in [9.17, 15) is 23.9 Å². The number of fused-ring (bicyclic) bond motifs is 1. The van der Waals surface area contributed by atoms with Gasteiger partial charge in [-0.3, -0.25) is 4.79 Å². The summed E-state index contributed by atoms with van der Waals surface area (Å²) in [5, 5.41) is 18.0. The highest BCUT2D eigenvalue weighted by Gasteiger charge is 2.32. The highest BCUT2D eigenvalue weighted by molar-refractivity contribution is 6.00. The summed E-state index contributed by atoms with van der Waals surface area (Å²) in [4.78, 5) is 41.6.